The maximum absolute atomic E-state index is 12.5. The second kappa shape index (κ2) is 7.94. The van der Waals surface area contributed by atoms with Gasteiger partial charge in [-0.2, -0.15) is 0 Å². The van der Waals surface area contributed by atoms with Gasteiger partial charge in [0.15, 0.2) is 0 Å². The highest BCUT2D eigenvalue weighted by molar-refractivity contribution is 5.95. The number of anilines is 2. The molecule has 1 aliphatic rings. The molecule has 6 heteroatoms. The summed E-state index contributed by atoms with van der Waals surface area (Å²) < 4.78 is 0. The summed E-state index contributed by atoms with van der Waals surface area (Å²) in [4.78, 5) is 21.6. The number of fused-ring (bicyclic) bond motifs is 1. The summed E-state index contributed by atoms with van der Waals surface area (Å²) in [6.07, 6.45) is 3.78. The third kappa shape index (κ3) is 3.97. The van der Waals surface area contributed by atoms with E-state index in [4.69, 9.17) is 0 Å². The monoisotopic (exact) mass is 375 g/mol. The van der Waals surface area contributed by atoms with Crippen molar-refractivity contribution in [2.75, 3.05) is 18.4 Å². The van der Waals surface area contributed by atoms with Gasteiger partial charge in [0, 0.05) is 28.9 Å². The molecule has 0 unspecified atom stereocenters. The van der Waals surface area contributed by atoms with E-state index in [0.717, 1.165) is 53.6 Å². The second-order valence-corrected chi connectivity index (χ2v) is 7.36. The molecule has 6 nitrogen and oxygen atoms in total. The third-order valence-electron chi connectivity index (χ3n) is 5.22. The summed E-state index contributed by atoms with van der Waals surface area (Å²) >= 11 is 0. The Hall–Kier alpha value is -2.99. The Bertz CT molecular complexity index is 1010. The number of piperidine rings is 1. The Morgan fingerprint density at radius 3 is 2.71 bits per heavy atom. The summed E-state index contributed by atoms with van der Waals surface area (Å²) in [6.45, 7) is 5.94. The van der Waals surface area contributed by atoms with Gasteiger partial charge in [0.05, 0.1) is 5.52 Å². The molecule has 144 valence electrons. The summed E-state index contributed by atoms with van der Waals surface area (Å²) in [6, 6.07) is 12.0. The van der Waals surface area contributed by atoms with E-state index >= 15 is 0 Å². The number of aromatic nitrogens is 2. The Morgan fingerprint density at radius 2 is 1.93 bits per heavy atom. The topological polar surface area (TPSA) is 78.9 Å². The van der Waals surface area contributed by atoms with Crippen LogP contribution in [0.2, 0.25) is 0 Å². The Morgan fingerprint density at radius 1 is 1.11 bits per heavy atom. The van der Waals surface area contributed by atoms with Crippen molar-refractivity contribution in [1.82, 2.24) is 20.6 Å². The van der Waals surface area contributed by atoms with Crippen LogP contribution in [0.1, 0.15) is 34.3 Å². The average molecular weight is 375 g/mol. The molecular weight excluding hydrogens is 350 g/mol. The molecule has 1 saturated heterocycles. The van der Waals surface area contributed by atoms with Crippen LogP contribution in [-0.4, -0.2) is 35.0 Å². The fourth-order valence-corrected chi connectivity index (χ4v) is 3.56. The van der Waals surface area contributed by atoms with Crippen molar-refractivity contribution in [3.63, 3.8) is 0 Å². The zero-order valence-corrected chi connectivity index (χ0v) is 16.2. The lowest BCUT2D eigenvalue weighted by atomic mass is 10.0. The van der Waals surface area contributed by atoms with Crippen LogP contribution in [0.25, 0.3) is 10.9 Å². The van der Waals surface area contributed by atoms with E-state index in [1.807, 2.05) is 56.4 Å². The fourth-order valence-electron chi connectivity index (χ4n) is 3.56. The molecule has 0 atom stereocenters. The first-order chi connectivity index (χ1) is 13.6. The lowest BCUT2D eigenvalue weighted by Gasteiger charge is -2.23. The molecule has 1 fully saturated rings. The highest BCUT2D eigenvalue weighted by Crippen LogP contribution is 2.22. The van der Waals surface area contributed by atoms with Gasteiger partial charge in [-0.15, -0.1) is 0 Å². The van der Waals surface area contributed by atoms with Crippen molar-refractivity contribution in [1.29, 1.82) is 0 Å². The van der Waals surface area contributed by atoms with Crippen LogP contribution in [0.15, 0.2) is 42.6 Å². The first-order valence-electron chi connectivity index (χ1n) is 9.72. The van der Waals surface area contributed by atoms with Gasteiger partial charge in [-0.25, -0.2) is 9.97 Å². The molecule has 0 aliphatic carbocycles. The van der Waals surface area contributed by atoms with E-state index in [9.17, 15) is 4.79 Å². The number of nitrogens with one attached hydrogen (secondary N) is 3. The van der Waals surface area contributed by atoms with Crippen LogP contribution in [0.5, 0.6) is 0 Å². The number of carbonyl (C=O) groups is 1. The average Bonchev–Trinajstić information content (AvgIpc) is 2.71. The molecule has 0 bridgehead atoms. The van der Waals surface area contributed by atoms with E-state index in [2.05, 4.69) is 25.9 Å². The largest absolute Gasteiger partial charge is 0.349 e. The number of rotatable bonds is 4. The number of hydrogen-bond acceptors (Lipinski definition) is 5. The molecule has 2 aromatic carbocycles. The fraction of sp³-hybridized carbons (Fsp3) is 0.318. The molecule has 3 aromatic rings. The number of amides is 1. The summed E-state index contributed by atoms with van der Waals surface area (Å²) in [7, 11) is 0. The number of carbonyl (C=O) groups excluding carboxylic acids is 1. The summed E-state index contributed by atoms with van der Waals surface area (Å²) in [5.74, 6) is 0.538. The van der Waals surface area contributed by atoms with Gasteiger partial charge in [0.1, 0.15) is 0 Å². The molecule has 28 heavy (non-hydrogen) atoms. The predicted molar refractivity (Wildman–Crippen MR) is 112 cm³/mol. The molecule has 0 radical (unpaired) electrons. The maximum atomic E-state index is 12.5. The Kier molecular flexibility index (Phi) is 5.21. The molecule has 0 spiro atoms. The number of nitrogens with zero attached hydrogens (tertiary/aromatic N) is 2. The van der Waals surface area contributed by atoms with Gasteiger partial charge < -0.3 is 16.0 Å². The van der Waals surface area contributed by atoms with E-state index < -0.39 is 0 Å². The van der Waals surface area contributed by atoms with Crippen molar-refractivity contribution >= 4 is 28.4 Å². The van der Waals surface area contributed by atoms with E-state index in [1.54, 1.807) is 0 Å². The van der Waals surface area contributed by atoms with E-state index in [1.165, 1.54) is 0 Å². The SMILES string of the molecule is Cc1cc(C(=O)NC2CCNCC2)ccc1Nc1ncc2cccc(C)c2n1. The minimum absolute atomic E-state index is 0.0147. The van der Waals surface area contributed by atoms with Crippen LogP contribution < -0.4 is 16.0 Å². The predicted octanol–water partition coefficient (Wildman–Crippen LogP) is 3.47. The van der Waals surface area contributed by atoms with Gasteiger partial charge in [0.2, 0.25) is 5.95 Å². The summed E-state index contributed by atoms with van der Waals surface area (Å²) in [5, 5.41) is 10.7. The minimum Gasteiger partial charge on any atom is -0.349 e. The van der Waals surface area contributed by atoms with Crippen LogP contribution in [0, 0.1) is 13.8 Å². The number of para-hydroxylation sites is 1. The van der Waals surface area contributed by atoms with Crippen LogP contribution in [-0.2, 0) is 0 Å². The standard InChI is InChI=1S/C22H25N5O/c1-14-4-3-5-17-13-24-22(27-20(14)17)26-19-7-6-16(12-15(19)2)21(28)25-18-8-10-23-11-9-18/h3-7,12-13,18,23H,8-11H2,1-2H3,(H,25,28)(H,24,26,27). The zero-order chi connectivity index (χ0) is 19.5. The highest BCUT2D eigenvalue weighted by atomic mass is 16.1. The lowest BCUT2D eigenvalue weighted by molar-refractivity contribution is 0.0929. The molecule has 1 aliphatic heterocycles. The van der Waals surface area contributed by atoms with Crippen molar-refractivity contribution in [2.45, 2.75) is 32.7 Å². The number of aryl methyl sites for hydroxylation is 2. The number of benzene rings is 2. The van der Waals surface area contributed by atoms with Gasteiger partial charge in [-0.3, -0.25) is 4.79 Å². The van der Waals surface area contributed by atoms with Crippen molar-refractivity contribution in [2.24, 2.45) is 0 Å². The van der Waals surface area contributed by atoms with Crippen molar-refractivity contribution in [3.8, 4) is 0 Å². The van der Waals surface area contributed by atoms with Crippen LogP contribution >= 0.6 is 0 Å². The first kappa shape index (κ1) is 18.4. The molecule has 4 rings (SSSR count). The van der Waals surface area contributed by atoms with Gasteiger partial charge in [-0.1, -0.05) is 18.2 Å². The smallest absolute Gasteiger partial charge is 0.251 e. The molecule has 2 heterocycles. The molecule has 3 N–H and O–H groups in total. The minimum atomic E-state index is -0.0147. The molecular formula is C22H25N5O. The third-order valence-corrected chi connectivity index (χ3v) is 5.22. The van der Waals surface area contributed by atoms with Crippen molar-refractivity contribution in [3.05, 3.63) is 59.3 Å². The molecule has 1 amide bonds. The molecule has 0 saturated carbocycles. The normalized spacial score (nSPS) is 14.8. The molecule has 1 aromatic heterocycles. The van der Waals surface area contributed by atoms with Gasteiger partial charge in [0.25, 0.3) is 5.91 Å². The Labute approximate surface area is 164 Å². The quantitative estimate of drug-likeness (QED) is 0.651. The van der Waals surface area contributed by atoms with Crippen LogP contribution in [0.4, 0.5) is 11.6 Å². The number of hydrogen-bond donors (Lipinski definition) is 3. The first-order valence-corrected chi connectivity index (χ1v) is 9.72. The van der Waals surface area contributed by atoms with E-state index in [-0.39, 0.29) is 11.9 Å². The maximum Gasteiger partial charge on any atom is 0.251 e. The highest BCUT2D eigenvalue weighted by Gasteiger charge is 2.17. The lowest BCUT2D eigenvalue weighted by Crippen LogP contribution is -2.42. The van der Waals surface area contributed by atoms with Crippen LogP contribution in [0.3, 0.4) is 0 Å². The second-order valence-electron chi connectivity index (χ2n) is 7.36. The van der Waals surface area contributed by atoms with Gasteiger partial charge >= 0.3 is 0 Å². The van der Waals surface area contributed by atoms with Crippen molar-refractivity contribution < 1.29 is 4.79 Å². The zero-order valence-electron chi connectivity index (χ0n) is 16.2. The Balaban J connectivity index is 1.50. The van der Waals surface area contributed by atoms with Gasteiger partial charge in [-0.05, 0) is 69.1 Å². The van der Waals surface area contributed by atoms with E-state index in [0.29, 0.717) is 11.5 Å². The summed E-state index contributed by atoms with van der Waals surface area (Å²) in [5.41, 5.74) is 4.61.